The van der Waals surface area contributed by atoms with Gasteiger partial charge >= 0.3 is 5.97 Å². The average molecular weight is 304 g/mol. The maximum atomic E-state index is 10.7. The average Bonchev–Trinajstić information content (AvgIpc) is 2.86. The number of aryl methyl sites for hydroxylation is 1. The topological polar surface area (TPSA) is 53.4 Å². The van der Waals surface area contributed by atoms with Gasteiger partial charge in [0, 0.05) is 30.6 Å². The lowest BCUT2D eigenvalue weighted by molar-refractivity contribution is -0.136. The molecule has 0 radical (unpaired) electrons. The van der Waals surface area contributed by atoms with E-state index in [1.54, 1.807) is 11.3 Å². The summed E-state index contributed by atoms with van der Waals surface area (Å²) in [7, 11) is 0. The summed E-state index contributed by atoms with van der Waals surface area (Å²) in [5.41, 5.74) is 3.13. The van der Waals surface area contributed by atoms with Gasteiger partial charge in [0.2, 0.25) is 0 Å². The van der Waals surface area contributed by atoms with Crippen molar-refractivity contribution in [3.8, 4) is 0 Å². The molecule has 112 valence electrons. The van der Waals surface area contributed by atoms with E-state index < -0.39 is 5.97 Å². The molecule has 0 aliphatic rings. The number of thiazole rings is 1. The lowest BCUT2D eigenvalue weighted by atomic mass is 10.2. The minimum absolute atomic E-state index is 0.00583. The van der Waals surface area contributed by atoms with E-state index in [4.69, 9.17) is 5.11 Å². The number of aromatic nitrogens is 1. The number of carboxylic acid groups (broad SMARTS) is 1. The number of anilines is 1. The van der Waals surface area contributed by atoms with Gasteiger partial charge in [-0.05, 0) is 31.5 Å². The van der Waals surface area contributed by atoms with Crippen LogP contribution < -0.4 is 4.90 Å². The summed E-state index contributed by atoms with van der Waals surface area (Å²) in [5.74, 6) is -0.832. The van der Waals surface area contributed by atoms with Crippen molar-refractivity contribution in [2.24, 2.45) is 0 Å². The van der Waals surface area contributed by atoms with E-state index in [-0.39, 0.29) is 6.42 Å². The number of hydrogen-bond donors (Lipinski definition) is 1. The quantitative estimate of drug-likeness (QED) is 0.854. The van der Waals surface area contributed by atoms with Crippen molar-refractivity contribution >= 4 is 23.0 Å². The molecule has 21 heavy (non-hydrogen) atoms. The van der Waals surface area contributed by atoms with Gasteiger partial charge < -0.3 is 10.0 Å². The van der Waals surface area contributed by atoms with Crippen LogP contribution in [-0.2, 0) is 17.6 Å². The maximum Gasteiger partial charge on any atom is 0.309 e. The van der Waals surface area contributed by atoms with E-state index in [0.717, 1.165) is 24.5 Å². The Labute approximate surface area is 129 Å². The highest BCUT2D eigenvalue weighted by molar-refractivity contribution is 7.09. The predicted molar refractivity (Wildman–Crippen MR) is 86.2 cm³/mol. The van der Waals surface area contributed by atoms with Crippen LogP contribution in [0.3, 0.4) is 0 Å². The molecule has 0 saturated heterocycles. The van der Waals surface area contributed by atoms with Gasteiger partial charge in [-0.2, -0.15) is 0 Å². The van der Waals surface area contributed by atoms with Gasteiger partial charge in [0.05, 0.1) is 17.1 Å². The van der Waals surface area contributed by atoms with E-state index in [2.05, 4.69) is 48.0 Å². The minimum atomic E-state index is -0.832. The SMILES string of the molecule is CCN(CCc1nc(CC(=O)O)cs1)c1cccc(C)c1. The van der Waals surface area contributed by atoms with Gasteiger partial charge in [0.1, 0.15) is 0 Å². The Morgan fingerprint density at radius 2 is 2.24 bits per heavy atom. The van der Waals surface area contributed by atoms with Crippen LogP contribution in [0.25, 0.3) is 0 Å². The summed E-state index contributed by atoms with van der Waals surface area (Å²) in [6, 6.07) is 8.47. The highest BCUT2D eigenvalue weighted by Gasteiger charge is 2.09. The molecule has 1 N–H and O–H groups in total. The fourth-order valence-corrected chi connectivity index (χ4v) is 3.01. The maximum absolute atomic E-state index is 10.7. The molecule has 0 fully saturated rings. The van der Waals surface area contributed by atoms with Crippen LogP contribution in [-0.4, -0.2) is 29.1 Å². The van der Waals surface area contributed by atoms with Crippen molar-refractivity contribution in [2.45, 2.75) is 26.7 Å². The van der Waals surface area contributed by atoms with Crippen LogP contribution >= 0.6 is 11.3 Å². The number of hydrogen-bond acceptors (Lipinski definition) is 4. The minimum Gasteiger partial charge on any atom is -0.481 e. The molecule has 0 aliphatic heterocycles. The summed E-state index contributed by atoms with van der Waals surface area (Å²) < 4.78 is 0. The molecule has 0 atom stereocenters. The number of benzene rings is 1. The summed E-state index contributed by atoms with van der Waals surface area (Å²) in [6.07, 6.45) is 0.845. The Morgan fingerprint density at radius 1 is 1.43 bits per heavy atom. The Balaban J connectivity index is 1.97. The molecule has 4 nitrogen and oxygen atoms in total. The summed E-state index contributed by atoms with van der Waals surface area (Å²) in [5, 5.41) is 11.6. The van der Waals surface area contributed by atoms with Crippen molar-refractivity contribution in [1.82, 2.24) is 4.98 Å². The summed E-state index contributed by atoms with van der Waals surface area (Å²) >= 11 is 1.54. The van der Waals surface area contributed by atoms with Crippen LogP contribution in [0.4, 0.5) is 5.69 Å². The van der Waals surface area contributed by atoms with E-state index in [1.165, 1.54) is 11.3 Å². The first-order valence-corrected chi connectivity index (χ1v) is 7.93. The molecule has 5 heteroatoms. The number of carboxylic acids is 1. The zero-order valence-electron chi connectivity index (χ0n) is 12.4. The molecule has 0 bridgehead atoms. The van der Waals surface area contributed by atoms with Crippen molar-refractivity contribution in [2.75, 3.05) is 18.0 Å². The first-order valence-electron chi connectivity index (χ1n) is 7.05. The molecule has 1 aromatic heterocycles. The highest BCUT2D eigenvalue weighted by Crippen LogP contribution is 2.17. The first-order chi connectivity index (χ1) is 10.1. The van der Waals surface area contributed by atoms with E-state index in [9.17, 15) is 4.79 Å². The standard InChI is InChI=1S/C16H20N2O2S/c1-3-18(14-6-4-5-12(2)9-14)8-7-15-17-13(11-21-15)10-16(19)20/h4-6,9,11H,3,7-8,10H2,1-2H3,(H,19,20). The van der Waals surface area contributed by atoms with Crippen molar-refractivity contribution in [3.63, 3.8) is 0 Å². The van der Waals surface area contributed by atoms with Crippen LogP contribution in [0, 0.1) is 6.92 Å². The Bertz CT molecular complexity index is 610. The van der Waals surface area contributed by atoms with Crippen LogP contribution in [0.5, 0.6) is 0 Å². The third-order valence-electron chi connectivity index (χ3n) is 3.28. The first kappa shape index (κ1) is 15.5. The van der Waals surface area contributed by atoms with Gasteiger partial charge in [0.15, 0.2) is 0 Å². The molecule has 0 saturated carbocycles. The van der Waals surface area contributed by atoms with Gasteiger partial charge in [-0.1, -0.05) is 12.1 Å². The van der Waals surface area contributed by atoms with Crippen molar-refractivity contribution in [3.05, 3.63) is 45.9 Å². The van der Waals surface area contributed by atoms with E-state index >= 15 is 0 Å². The molecule has 1 heterocycles. The monoisotopic (exact) mass is 304 g/mol. The third kappa shape index (κ3) is 4.56. The zero-order chi connectivity index (χ0) is 15.2. The molecule has 2 aromatic rings. The second kappa shape index (κ2) is 7.22. The molecule has 0 unspecified atom stereocenters. The van der Waals surface area contributed by atoms with E-state index in [1.807, 2.05) is 5.38 Å². The van der Waals surface area contributed by atoms with Crippen LogP contribution in [0.15, 0.2) is 29.6 Å². The van der Waals surface area contributed by atoms with Gasteiger partial charge in [-0.3, -0.25) is 4.79 Å². The van der Waals surface area contributed by atoms with Gasteiger partial charge in [0.25, 0.3) is 0 Å². The predicted octanol–water partition coefficient (Wildman–Crippen LogP) is 3.15. The fourth-order valence-electron chi connectivity index (χ4n) is 2.22. The third-order valence-corrected chi connectivity index (χ3v) is 4.23. The molecule has 0 aliphatic carbocycles. The summed E-state index contributed by atoms with van der Waals surface area (Å²) in [6.45, 7) is 6.06. The highest BCUT2D eigenvalue weighted by atomic mass is 32.1. The smallest absolute Gasteiger partial charge is 0.309 e. The molecule has 2 rings (SSSR count). The Hall–Kier alpha value is -1.88. The number of nitrogens with zero attached hydrogens (tertiary/aromatic N) is 2. The van der Waals surface area contributed by atoms with Crippen molar-refractivity contribution in [1.29, 1.82) is 0 Å². The van der Waals surface area contributed by atoms with Crippen LogP contribution in [0.2, 0.25) is 0 Å². The molecule has 0 amide bonds. The van der Waals surface area contributed by atoms with E-state index in [0.29, 0.717) is 5.69 Å². The summed E-state index contributed by atoms with van der Waals surface area (Å²) in [4.78, 5) is 17.4. The molecule has 1 aromatic carbocycles. The van der Waals surface area contributed by atoms with Crippen molar-refractivity contribution < 1.29 is 9.90 Å². The molecular weight excluding hydrogens is 284 g/mol. The Kier molecular flexibility index (Phi) is 5.33. The van der Waals surface area contributed by atoms with Crippen LogP contribution in [0.1, 0.15) is 23.2 Å². The lowest BCUT2D eigenvalue weighted by Crippen LogP contribution is -2.25. The van der Waals surface area contributed by atoms with Gasteiger partial charge in [-0.15, -0.1) is 11.3 Å². The second-order valence-corrected chi connectivity index (χ2v) is 5.91. The lowest BCUT2D eigenvalue weighted by Gasteiger charge is -2.23. The van der Waals surface area contributed by atoms with Gasteiger partial charge in [-0.25, -0.2) is 4.98 Å². The zero-order valence-corrected chi connectivity index (χ0v) is 13.2. The second-order valence-electron chi connectivity index (χ2n) is 4.97. The molecular formula is C16H20N2O2S. The Morgan fingerprint density at radius 3 is 2.90 bits per heavy atom. The number of likely N-dealkylation sites (N-methyl/N-ethyl adjacent to an activating group) is 1. The fraction of sp³-hybridized carbons (Fsp3) is 0.375. The largest absolute Gasteiger partial charge is 0.481 e. The normalized spacial score (nSPS) is 10.6. The number of carbonyl (C=O) groups is 1. The number of rotatable bonds is 7. The number of aliphatic carboxylic acids is 1. The molecule has 0 spiro atoms.